The zero-order chi connectivity index (χ0) is 13.9. The molecule has 0 amide bonds. The van der Waals surface area contributed by atoms with Crippen LogP contribution < -0.4 is 11.1 Å². The molecule has 102 valence electrons. The monoisotopic (exact) mass is 283 g/mol. The standard InChI is InChI=1S/C16H17N3S/c1-11(8-12-5-7-20-10-12)19-15-3-2-13-9-18-6-4-14(13)16(15)17/h2-7,9-11,19H,8,17H2,1H3. The van der Waals surface area contributed by atoms with Crippen molar-refractivity contribution in [2.24, 2.45) is 0 Å². The lowest BCUT2D eigenvalue weighted by Gasteiger charge is -2.17. The Morgan fingerprint density at radius 3 is 3.00 bits per heavy atom. The van der Waals surface area contributed by atoms with Crippen molar-refractivity contribution in [1.82, 2.24) is 4.98 Å². The third-order valence-corrected chi connectivity index (χ3v) is 4.12. The summed E-state index contributed by atoms with van der Waals surface area (Å²) in [5, 5.41) is 9.92. The second kappa shape index (κ2) is 5.51. The smallest absolute Gasteiger partial charge is 0.0630 e. The number of nitrogens with two attached hydrogens (primary N) is 1. The molecular formula is C16H17N3S. The van der Waals surface area contributed by atoms with Crippen molar-refractivity contribution in [2.45, 2.75) is 19.4 Å². The molecule has 1 aromatic carbocycles. The molecule has 3 aromatic rings. The fraction of sp³-hybridized carbons (Fsp3) is 0.188. The summed E-state index contributed by atoms with van der Waals surface area (Å²) in [5.74, 6) is 0. The molecule has 2 aromatic heterocycles. The highest BCUT2D eigenvalue weighted by atomic mass is 32.1. The van der Waals surface area contributed by atoms with Gasteiger partial charge in [0.25, 0.3) is 0 Å². The molecule has 0 aliphatic heterocycles. The second-order valence-electron chi connectivity index (χ2n) is 5.00. The maximum absolute atomic E-state index is 6.25. The number of fused-ring (bicyclic) bond motifs is 1. The van der Waals surface area contributed by atoms with Crippen LogP contribution in [0.4, 0.5) is 11.4 Å². The van der Waals surface area contributed by atoms with Crippen LogP contribution in [0, 0.1) is 0 Å². The van der Waals surface area contributed by atoms with Crippen LogP contribution in [-0.4, -0.2) is 11.0 Å². The average molecular weight is 283 g/mol. The number of rotatable bonds is 4. The predicted octanol–water partition coefficient (Wildman–Crippen LogP) is 3.92. The van der Waals surface area contributed by atoms with E-state index < -0.39 is 0 Å². The van der Waals surface area contributed by atoms with Gasteiger partial charge < -0.3 is 11.1 Å². The summed E-state index contributed by atoms with van der Waals surface area (Å²) in [5.41, 5.74) is 9.40. The Morgan fingerprint density at radius 2 is 2.20 bits per heavy atom. The van der Waals surface area contributed by atoms with Crippen molar-refractivity contribution in [1.29, 1.82) is 0 Å². The minimum Gasteiger partial charge on any atom is -0.397 e. The number of nitrogens with zero attached hydrogens (tertiary/aromatic N) is 1. The minimum absolute atomic E-state index is 0.339. The summed E-state index contributed by atoms with van der Waals surface area (Å²) < 4.78 is 0. The van der Waals surface area contributed by atoms with E-state index in [4.69, 9.17) is 5.73 Å². The number of hydrogen-bond donors (Lipinski definition) is 2. The molecule has 0 radical (unpaired) electrons. The Bertz CT molecular complexity index is 707. The quantitative estimate of drug-likeness (QED) is 0.713. The molecule has 3 nitrogen and oxygen atoms in total. The molecule has 0 aliphatic carbocycles. The van der Waals surface area contributed by atoms with Gasteiger partial charge in [-0.25, -0.2) is 0 Å². The number of nitrogen functional groups attached to an aromatic ring is 1. The van der Waals surface area contributed by atoms with Crippen molar-refractivity contribution in [3.8, 4) is 0 Å². The molecule has 0 saturated heterocycles. The van der Waals surface area contributed by atoms with Crippen molar-refractivity contribution in [2.75, 3.05) is 11.1 Å². The Labute approximate surface area is 122 Å². The van der Waals surface area contributed by atoms with Crippen molar-refractivity contribution in [3.63, 3.8) is 0 Å². The van der Waals surface area contributed by atoms with Gasteiger partial charge in [-0.15, -0.1) is 0 Å². The fourth-order valence-corrected chi connectivity index (χ4v) is 3.08. The molecule has 1 unspecified atom stereocenters. The van der Waals surface area contributed by atoms with Gasteiger partial charge in [-0.3, -0.25) is 4.98 Å². The van der Waals surface area contributed by atoms with Gasteiger partial charge in [0.15, 0.2) is 0 Å². The third kappa shape index (κ3) is 2.60. The van der Waals surface area contributed by atoms with Gasteiger partial charge in [-0.2, -0.15) is 11.3 Å². The van der Waals surface area contributed by atoms with Crippen molar-refractivity contribution in [3.05, 3.63) is 53.0 Å². The first-order chi connectivity index (χ1) is 9.74. The Hall–Kier alpha value is -2.07. The van der Waals surface area contributed by atoms with E-state index in [1.807, 2.05) is 18.3 Å². The van der Waals surface area contributed by atoms with E-state index in [-0.39, 0.29) is 0 Å². The lowest BCUT2D eigenvalue weighted by Crippen LogP contribution is -2.18. The molecule has 0 fully saturated rings. The van der Waals surface area contributed by atoms with Gasteiger partial charge in [0, 0.05) is 29.2 Å². The van der Waals surface area contributed by atoms with Gasteiger partial charge >= 0.3 is 0 Å². The molecular weight excluding hydrogens is 266 g/mol. The molecule has 3 N–H and O–H groups in total. The highest BCUT2D eigenvalue weighted by Gasteiger charge is 2.08. The number of thiophene rings is 1. The van der Waals surface area contributed by atoms with E-state index in [9.17, 15) is 0 Å². The normalized spacial score (nSPS) is 12.4. The van der Waals surface area contributed by atoms with Gasteiger partial charge in [-0.05, 0) is 47.9 Å². The zero-order valence-corrected chi connectivity index (χ0v) is 12.2. The SMILES string of the molecule is CC(Cc1ccsc1)Nc1ccc2cnccc2c1N. The van der Waals surface area contributed by atoms with Gasteiger partial charge in [0.1, 0.15) is 0 Å². The van der Waals surface area contributed by atoms with Crippen LogP contribution in [0.15, 0.2) is 47.4 Å². The highest BCUT2D eigenvalue weighted by molar-refractivity contribution is 7.07. The summed E-state index contributed by atoms with van der Waals surface area (Å²) in [7, 11) is 0. The van der Waals surface area contributed by atoms with Crippen LogP contribution in [-0.2, 0) is 6.42 Å². The molecule has 0 bridgehead atoms. The van der Waals surface area contributed by atoms with E-state index in [1.165, 1.54) is 5.56 Å². The Morgan fingerprint density at radius 1 is 1.30 bits per heavy atom. The molecule has 3 rings (SSSR count). The lowest BCUT2D eigenvalue weighted by molar-refractivity contribution is 0.793. The van der Waals surface area contributed by atoms with Crippen molar-refractivity contribution < 1.29 is 0 Å². The van der Waals surface area contributed by atoms with Gasteiger partial charge in [0.05, 0.1) is 11.4 Å². The summed E-state index contributed by atoms with van der Waals surface area (Å²) in [6.07, 6.45) is 4.61. The third-order valence-electron chi connectivity index (χ3n) is 3.39. The number of pyridine rings is 1. The first kappa shape index (κ1) is 12.9. The molecule has 2 heterocycles. The summed E-state index contributed by atoms with van der Waals surface area (Å²) >= 11 is 1.73. The molecule has 20 heavy (non-hydrogen) atoms. The van der Waals surface area contributed by atoms with Crippen LogP contribution in [0.1, 0.15) is 12.5 Å². The number of aromatic nitrogens is 1. The van der Waals surface area contributed by atoms with Crippen molar-refractivity contribution >= 4 is 33.5 Å². The largest absolute Gasteiger partial charge is 0.397 e. The summed E-state index contributed by atoms with van der Waals surface area (Å²) in [6, 6.07) is 8.55. The summed E-state index contributed by atoms with van der Waals surface area (Å²) in [4.78, 5) is 4.12. The average Bonchev–Trinajstić information content (AvgIpc) is 2.95. The topological polar surface area (TPSA) is 50.9 Å². The highest BCUT2D eigenvalue weighted by Crippen LogP contribution is 2.28. The number of benzene rings is 1. The van der Waals surface area contributed by atoms with Crippen LogP contribution in [0.25, 0.3) is 10.8 Å². The summed E-state index contributed by atoms with van der Waals surface area (Å²) in [6.45, 7) is 2.17. The Kier molecular flexibility index (Phi) is 3.56. The minimum atomic E-state index is 0.339. The molecule has 4 heteroatoms. The fourth-order valence-electron chi connectivity index (χ4n) is 2.40. The van der Waals surface area contributed by atoms with E-state index in [0.717, 1.165) is 28.6 Å². The van der Waals surface area contributed by atoms with Gasteiger partial charge in [0.2, 0.25) is 0 Å². The molecule has 0 aliphatic rings. The molecule has 0 spiro atoms. The van der Waals surface area contributed by atoms with Gasteiger partial charge in [-0.1, -0.05) is 6.07 Å². The van der Waals surface area contributed by atoms with E-state index in [2.05, 4.69) is 40.1 Å². The molecule has 1 atom stereocenters. The van der Waals surface area contributed by atoms with Crippen LogP contribution in [0.5, 0.6) is 0 Å². The van der Waals surface area contributed by atoms with Crippen LogP contribution >= 0.6 is 11.3 Å². The van der Waals surface area contributed by atoms with Crippen LogP contribution in [0.2, 0.25) is 0 Å². The van der Waals surface area contributed by atoms with Crippen LogP contribution in [0.3, 0.4) is 0 Å². The Balaban J connectivity index is 1.82. The zero-order valence-electron chi connectivity index (χ0n) is 11.3. The maximum atomic E-state index is 6.25. The van der Waals surface area contributed by atoms with E-state index in [0.29, 0.717) is 6.04 Å². The number of anilines is 2. The number of hydrogen-bond acceptors (Lipinski definition) is 4. The van der Waals surface area contributed by atoms with E-state index in [1.54, 1.807) is 17.5 Å². The first-order valence-electron chi connectivity index (χ1n) is 6.64. The molecule has 0 saturated carbocycles. The second-order valence-corrected chi connectivity index (χ2v) is 5.78. The van der Waals surface area contributed by atoms with E-state index >= 15 is 0 Å². The maximum Gasteiger partial charge on any atom is 0.0630 e. The first-order valence-corrected chi connectivity index (χ1v) is 7.58. The number of nitrogens with one attached hydrogen (secondary N) is 1. The lowest BCUT2D eigenvalue weighted by atomic mass is 10.1. The predicted molar refractivity (Wildman–Crippen MR) is 87.3 cm³/mol.